The number of rotatable bonds is 4. The predicted molar refractivity (Wildman–Crippen MR) is 117 cm³/mol. The van der Waals surface area contributed by atoms with Crippen molar-refractivity contribution < 1.29 is 4.79 Å². The number of thioether (sulfide) groups is 1. The van der Waals surface area contributed by atoms with Crippen LogP contribution in [-0.4, -0.2) is 31.1 Å². The van der Waals surface area contributed by atoms with Crippen LogP contribution in [0.3, 0.4) is 0 Å². The Hall–Kier alpha value is -1.77. The number of hydrogen-bond acceptors (Lipinski definition) is 6. The van der Waals surface area contributed by atoms with Gasteiger partial charge in [0.2, 0.25) is 0 Å². The normalized spacial score (nSPS) is 16.6. The average molecular weight is 473 g/mol. The van der Waals surface area contributed by atoms with Gasteiger partial charge < -0.3 is 0 Å². The van der Waals surface area contributed by atoms with Crippen molar-refractivity contribution in [2.24, 2.45) is 0 Å². The number of Topliss-reactive ketones (excluding diaryl/α,β-unsaturated/α-hetero) is 1. The molecule has 0 aliphatic heterocycles. The number of fused-ring (bicyclic) bond motifs is 5. The molecule has 0 spiro atoms. The van der Waals surface area contributed by atoms with E-state index in [1.165, 1.54) is 35.0 Å². The Morgan fingerprint density at radius 3 is 2.96 bits per heavy atom. The van der Waals surface area contributed by atoms with Gasteiger partial charge in [-0.2, -0.15) is 0 Å². The number of benzene rings is 1. The molecule has 5 rings (SSSR count). The molecule has 0 unspecified atom stereocenters. The average Bonchev–Trinajstić information content (AvgIpc) is 3.28. The molecule has 3 heterocycles. The topological polar surface area (TPSA) is 60.2 Å². The first-order chi connectivity index (χ1) is 13.6. The molecule has 28 heavy (non-hydrogen) atoms. The van der Waals surface area contributed by atoms with Gasteiger partial charge in [-0.05, 0) is 42.9 Å². The van der Waals surface area contributed by atoms with Gasteiger partial charge in [0.05, 0.1) is 11.1 Å². The number of nitrogens with zero attached hydrogens (tertiary/aromatic N) is 4. The molecule has 8 heteroatoms. The molecule has 0 fully saturated rings. The number of ketones is 1. The van der Waals surface area contributed by atoms with Crippen molar-refractivity contribution in [2.45, 2.75) is 37.3 Å². The van der Waals surface area contributed by atoms with Gasteiger partial charge in [0.25, 0.3) is 0 Å². The minimum Gasteiger partial charge on any atom is -0.293 e. The molecular weight excluding hydrogens is 456 g/mol. The summed E-state index contributed by atoms with van der Waals surface area (Å²) in [5.41, 5.74) is 2.96. The highest BCUT2D eigenvalue weighted by atomic mass is 79.9. The third-order valence-corrected chi connectivity index (χ3v) is 7.86. The van der Waals surface area contributed by atoms with E-state index in [4.69, 9.17) is 0 Å². The smallest absolute Gasteiger partial charge is 0.197 e. The standard InChI is InChI=1S/C20H17BrN4OS2/c1-11-3-2-4-15-16(11)17-18-23-24-20(25(18)10-22-19(17)28-15)27-9-14(26)12-5-7-13(21)8-6-12/h5-8,10-11H,2-4,9H2,1H3/t11-/m0/s1. The molecule has 1 aliphatic carbocycles. The van der Waals surface area contributed by atoms with Crippen LogP contribution in [0.1, 0.15) is 46.5 Å². The van der Waals surface area contributed by atoms with Crippen LogP contribution < -0.4 is 0 Å². The number of halogens is 1. The van der Waals surface area contributed by atoms with Crippen LogP contribution >= 0.6 is 39.0 Å². The van der Waals surface area contributed by atoms with Crippen molar-refractivity contribution in [3.8, 4) is 0 Å². The number of aryl methyl sites for hydroxylation is 1. The molecular formula is C20H17BrN4OS2. The van der Waals surface area contributed by atoms with Crippen molar-refractivity contribution in [3.05, 3.63) is 51.1 Å². The summed E-state index contributed by atoms with van der Waals surface area (Å²) in [6.45, 7) is 2.29. The maximum atomic E-state index is 12.5. The van der Waals surface area contributed by atoms with Crippen LogP contribution in [0.5, 0.6) is 0 Å². The number of aromatic nitrogens is 4. The van der Waals surface area contributed by atoms with Crippen molar-refractivity contribution >= 4 is 60.7 Å². The Balaban J connectivity index is 1.48. The zero-order valence-electron chi connectivity index (χ0n) is 15.2. The van der Waals surface area contributed by atoms with E-state index in [1.54, 1.807) is 17.7 Å². The summed E-state index contributed by atoms with van der Waals surface area (Å²) < 4.78 is 2.89. The first-order valence-electron chi connectivity index (χ1n) is 9.18. The lowest BCUT2D eigenvalue weighted by atomic mass is 9.87. The van der Waals surface area contributed by atoms with Gasteiger partial charge in [-0.3, -0.25) is 9.20 Å². The van der Waals surface area contributed by atoms with E-state index < -0.39 is 0 Å². The highest BCUT2D eigenvalue weighted by Crippen LogP contribution is 2.42. The van der Waals surface area contributed by atoms with Gasteiger partial charge in [0.1, 0.15) is 11.2 Å². The Kier molecular flexibility index (Phi) is 4.72. The molecule has 0 bridgehead atoms. The second-order valence-corrected chi connectivity index (χ2v) is 9.99. The lowest BCUT2D eigenvalue weighted by Gasteiger charge is -2.18. The second-order valence-electron chi connectivity index (χ2n) is 7.05. The SMILES string of the molecule is C[C@H]1CCCc2sc3ncn4c(SCC(=O)c5ccc(Br)cc5)nnc4c3c21. The Morgan fingerprint density at radius 2 is 2.14 bits per heavy atom. The molecule has 0 saturated carbocycles. The zero-order chi connectivity index (χ0) is 19.3. The monoisotopic (exact) mass is 472 g/mol. The van der Waals surface area contributed by atoms with Crippen LogP contribution in [0.4, 0.5) is 0 Å². The summed E-state index contributed by atoms with van der Waals surface area (Å²) in [7, 11) is 0. The molecule has 0 amide bonds. The summed E-state index contributed by atoms with van der Waals surface area (Å²) >= 11 is 6.59. The first-order valence-corrected chi connectivity index (χ1v) is 11.8. The summed E-state index contributed by atoms with van der Waals surface area (Å²) in [5, 5.41) is 10.7. The van der Waals surface area contributed by atoms with E-state index in [-0.39, 0.29) is 5.78 Å². The zero-order valence-corrected chi connectivity index (χ0v) is 18.4. The number of hydrogen-bond donors (Lipinski definition) is 0. The van der Waals surface area contributed by atoms with Gasteiger partial charge in [-0.1, -0.05) is 46.7 Å². The highest BCUT2D eigenvalue weighted by Gasteiger charge is 2.25. The van der Waals surface area contributed by atoms with E-state index in [1.807, 2.05) is 28.7 Å². The van der Waals surface area contributed by atoms with Crippen molar-refractivity contribution in [1.82, 2.24) is 19.6 Å². The molecule has 0 N–H and O–H groups in total. The fourth-order valence-corrected chi connectivity index (χ4v) is 6.17. The molecule has 1 aromatic carbocycles. The first kappa shape index (κ1) is 18.3. The van der Waals surface area contributed by atoms with E-state index in [2.05, 4.69) is 38.0 Å². The van der Waals surface area contributed by atoms with E-state index in [0.29, 0.717) is 22.4 Å². The van der Waals surface area contributed by atoms with Crippen LogP contribution in [0.25, 0.3) is 15.9 Å². The third-order valence-electron chi connectivity index (χ3n) is 5.21. The molecule has 4 aromatic rings. The lowest BCUT2D eigenvalue weighted by Crippen LogP contribution is -2.04. The van der Waals surface area contributed by atoms with Crippen LogP contribution in [0.2, 0.25) is 0 Å². The van der Waals surface area contributed by atoms with Crippen molar-refractivity contribution in [2.75, 3.05) is 5.75 Å². The Bertz CT molecular complexity index is 1200. The Morgan fingerprint density at radius 1 is 1.32 bits per heavy atom. The largest absolute Gasteiger partial charge is 0.293 e. The maximum Gasteiger partial charge on any atom is 0.197 e. The summed E-state index contributed by atoms with van der Waals surface area (Å²) in [6, 6.07) is 7.43. The molecule has 5 nitrogen and oxygen atoms in total. The minimum absolute atomic E-state index is 0.0739. The second kappa shape index (κ2) is 7.24. The molecule has 3 aromatic heterocycles. The van der Waals surface area contributed by atoms with E-state index >= 15 is 0 Å². The lowest BCUT2D eigenvalue weighted by molar-refractivity contribution is 0.102. The third kappa shape index (κ3) is 3.07. The van der Waals surface area contributed by atoms with E-state index in [0.717, 1.165) is 26.8 Å². The fraction of sp³-hybridized carbons (Fsp3) is 0.300. The number of thiophene rings is 1. The molecule has 1 aliphatic rings. The van der Waals surface area contributed by atoms with Gasteiger partial charge in [0, 0.05) is 14.9 Å². The van der Waals surface area contributed by atoms with Gasteiger partial charge in [0.15, 0.2) is 16.6 Å². The maximum absolute atomic E-state index is 12.5. The summed E-state index contributed by atoms with van der Waals surface area (Å²) in [4.78, 5) is 19.6. The summed E-state index contributed by atoms with van der Waals surface area (Å²) in [5.74, 6) is 0.917. The summed E-state index contributed by atoms with van der Waals surface area (Å²) in [6.07, 6.45) is 5.36. The quantitative estimate of drug-likeness (QED) is 0.289. The molecule has 0 radical (unpaired) electrons. The van der Waals surface area contributed by atoms with Crippen molar-refractivity contribution in [3.63, 3.8) is 0 Å². The highest BCUT2D eigenvalue weighted by molar-refractivity contribution is 9.10. The molecule has 1 atom stereocenters. The fourth-order valence-electron chi connectivity index (χ4n) is 3.81. The van der Waals surface area contributed by atoms with Gasteiger partial charge in [-0.15, -0.1) is 21.5 Å². The minimum atomic E-state index is 0.0739. The number of carbonyl (C=O) groups excluding carboxylic acids is 1. The predicted octanol–water partition coefficient (Wildman–Crippen LogP) is 5.52. The Labute approximate surface area is 178 Å². The van der Waals surface area contributed by atoms with Gasteiger partial charge in [-0.25, -0.2) is 4.98 Å². The molecule has 142 valence electrons. The molecule has 0 saturated heterocycles. The van der Waals surface area contributed by atoms with E-state index in [9.17, 15) is 4.79 Å². The van der Waals surface area contributed by atoms with Gasteiger partial charge >= 0.3 is 0 Å². The van der Waals surface area contributed by atoms with Crippen LogP contribution in [-0.2, 0) is 6.42 Å². The van der Waals surface area contributed by atoms with Crippen molar-refractivity contribution in [1.29, 1.82) is 0 Å². The number of carbonyl (C=O) groups is 1. The van der Waals surface area contributed by atoms with Crippen LogP contribution in [0, 0.1) is 0 Å². The van der Waals surface area contributed by atoms with Crippen LogP contribution in [0.15, 0.2) is 40.2 Å².